The molecule has 0 spiro atoms. The Bertz CT molecular complexity index is 392. The van der Waals surface area contributed by atoms with Crippen molar-refractivity contribution in [2.75, 3.05) is 5.73 Å². The van der Waals surface area contributed by atoms with Crippen LogP contribution < -0.4 is 5.73 Å². The normalized spacial score (nSPS) is 10.6. The summed E-state index contributed by atoms with van der Waals surface area (Å²) in [5.41, 5.74) is 7.57. The zero-order chi connectivity index (χ0) is 7.84. The summed E-state index contributed by atoms with van der Waals surface area (Å²) in [6.07, 6.45) is 1.80. The van der Waals surface area contributed by atoms with Crippen molar-refractivity contribution in [1.29, 1.82) is 0 Å². The number of nitrogen functional groups attached to an aromatic ring is 1. The minimum absolute atomic E-state index is 0.785. The summed E-state index contributed by atoms with van der Waals surface area (Å²) >= 11 is 3.43. The third-order valence-electron chi connectivity index (χ3n) is 1.69. The molecule has 2 aromatic rings. The topological polar surface area (TPSA) is 41.8 Å². The summed E-state index contributed by atoms with van der Waals surface area (Å²) in [6.45, 7) is 0. The van der Waals surface area contributed by atoms with E-state index >= 15 is 0 Å². The van der Waals surface area contributed by atoms with Crippen molar-refractivity contribution in [3.63, 3.8) is 0 Å². The molecule has 3 heteroatoms. The molecule has 1 heterocycles. The first-order valence-corrected chi connectivity index (χ1v) is 4.09. The van der Waals surface area contributed by atoms with Crippen molar-refractivity contribution in [2.24, 2.45) is 0 Å². The number of hydrogen-bond acceptors (Lipinski definition) is 1. The van der Waals surface area contributed by atoms with Crippen LogP contribution in [0.25, 0.3) is 10.9 Å². The Kier molecular flexibility index (Phi) is 1.39. The van der Waals surface area contributed by atoms with Crippen LogP contribution in [0, 0.1) is 0 Å². The fraction of sp³-hybridized carbons (Fsp3) is 0. The van der Waals surface area contributed by atoms with Crippen LogP contribution in [-0.4, -0.2) is 4.98 Å². The molecule has 1 aromatic carbocycles. The monoisotopic (exact) mass is 210 g/mol. The number of aromatic nitrogens is 1. The molecule has 0 amide bonds. The van der Waals surface area contributed by atoms with Crippen molar-refractivity contribution in [3.05, 3.63) is 28.9 Å². The zero-order valence-corrected chi connectivity index (χ0v) is 7.35. The lowest BCUT2D eigenvalue weighted by atomic mass is 10.2. The molecule has 2 nitrogen and oxygen atoms in total. The highest BCUT2D eigenvalue weighted by molar-refractivity contribution is 9.10. The molecule has 0 radical (unpaired) electrons. The van der Waals surface area contributed by atoms with Gasteiger partial charge in [-0.05, 0) is 12.1 Å². The van der Waals surface area contributed by atoms with E-state index in [9.17, 15) is 0 Å². The number of H-pyrrole nitrogens is 1. The van der Waals surface area contributed by atoms with Gasteiger partial charge < -0.3 is 10.7 Å². The van der Waals surface area contributed by atoms with Gasteiger partial charge in [0.25, 0.3) is 0 Å². The van der Waals surface area contributed by atoms with Crippen LogP contribution >= 0.6 is 15.9 Å². The fourth-order valence-electron chi connectivity index (χ4n) is 1.17. The van der Waals surface area contributed by atoms with Crippen molar-refractivity contribution in [1.82, 2.24) is 4.98 Å². The average Bonchev–Trinajstić information content (AvgIpc) is 2.34. The van der Waals surface area contributed by atoms with Gasteiger partial charge in [0.15, 0.2) is 0 Å². The third-order valence-corrected chi connectivity index (χ3v) is 2.35. The van der Waals surface area contributed by atoms with E-state index in [0.717, 1.165) is 21.1 Å². The quantitative estimate of drug-likeness (QED) is 0.690. The first kappa shape index (κ1) is 6.73. The van der Waals surface area contributed by atoms with E-state index in [0.29, 0.717) is 0 Å². The maximum absolute atomic E-state index is 5.72. The third kappa shape index (κ3) is 0.922. The number of aromatic amines is 1. The number of nitrogens with one attached hydrogen (secondary N) is 1. The van der Waals surface area contributed by atoms with Gasteiger partial charge in [-0.15, -0.1) is 0 Å². The van der Waals surface area contributed by atoms with E-state index in [4.69, 9.17) is 5.73 Å². The van der Waals surface area contributed by atoms with Gasteiger partial charge in [0, 0.05) is 21.6 Å². The van der Waals surface area contributed by atoms with Gasteiger partial charge in [0.05, 0.1) is 5.69 Å². The second kappa shape index (κ2) is 2.27. The van der Waals surface area contributed by atoms with Gasteiger partial charge in [0.1, 0.15) is 0 Å². The second-order valence-electron chi connectivity index (χ2n) is 2.41. The number of halogens is 1. The molecule has 0 aliphatic rings. The molecule has 0 saturated carbocycles. The molecule has 0 saturated heterocycles. The fourth-order valence-corrected chi connectivity index (χ4v) is 1.76. The molecule has 0 atom stereocenters. The number of nitrogens with two attached hydrogens (primary N) is 1. The Morgan fingerprint density at radius 1 is 1.36 bits per heavy atom. The number of benzene rings is 1. The zero-order valence-electron chi connectivity index (χ0n) is 5.76. The summed E-state index contributed by atoms with van der Waals surface area (Å²) in [4.78, 5) is 3.07. The van der Waals surface area contributed by atoms with E-state index in [2.05, 4.69) is 20.9 Å². The molecule has 56 valence electrons. The van der Waals surface area contributed by atoms with Gasteiger partial charge in [-0.3, -0.25) is 0 Å². The molecule has 3 N–H and O–H groups in total. The number of anilines is 1. The highest BCUT2D eigenvalue weighted by Gasteiger charge is 2.01. The van der Waals surface area contributed by atoms with Crippen molar-refractivity contribution < 1.29 is 0 Å². The predicted molar refractivity (Wildman–Crippen MR) is 50.4 cm³/mol. The summed E-state index contributed by atoms with van der Waals surface area (Å²) in [7, 11) is 0. The SMILES string of the molecule is Nc1c[nH]c2cccc(Br)c12. The van der Waals surface area contributed by atoms with Crippen molar-refractivity contribution >= 4 is 32.5 Å². The minimum atomic E-state index is 0.785. The number of hydrogen-bond donors (Lipinski definition) is 2. The molecule has 0 aliphatic carbocycles. The van der Waals surface area contributed by atoms with Gasteiger partial charge >= 0.3 is 0 Å². The second-order valence-corrected chi connectivity index (χ2v) is 3.26. The van der Waals surface area contributed by atoms with E-state index in [-0.39, 0.29) is 0 Å². The smallest absolute Gasteiger partial charge is 0.0583 e. The van der Waals surface area contributed by atoms with Crippen molar-refractivity contribution in [2.45, 2.75) is 0 Å². The highest BCUT2D eigenvalue weighted by Crippen LogP contribution is 2.27. The maximum Gasteiger partial charge on any atom is 0.0583 e. The molecule has 0 aliphatic heterocycles. The van der Waals surface area contributed by atoms with Gasteiger partial charge in [-0.1, -0.05) is 22.0 Å². The Hall–Kier alpha value is -0.960. The lowest BCUT2D eigenvalue weighted by Gasteiger charge is -1.93. The molecule has 0 unspecified atom stereocenters. The largest absolute Gasteiger partial charge is 0.397 e. The van der Waals surface area contributed by atoms with Crippen LogP contribution in [0.4, 0.5) is 5.69 Å². The van der Waals surface area contributed by atoms with Crippen LogP contribution in [0.2, 0.25) is 0 Å². The molecular weight excluding hydrogens is 204 g/mol. The van der Waals surface area contributed by atoms with Gasteiger partial charge in [-0.2, -0.15) is 0 Å². The number of rotatable bonds is 0. The predicted octanol–water partition coefficient (Wildman–Crippen LogP) is 2.51. The molecule has 2 rings (SSSR count). The van der Waals surface area contributed by atoms with Crippen LogP contribution in [-0.2, 0) is 0 Å². The minimum Gasteiger partial charge on any atom is -0.397 e. The van der Waals surface area contributed by atoms with Crippen molar-refractivity contribution in [3.8, 4) is 0 Å². The molecule has 0 bridgehead atoms. The Morgan fingerprint density at radius 3 is 2.91 bits per heavy atom. The van der Waals surface area contributed by atoms with E-state index in [1.165, 1.54) is 0 Å². The Morgan fingerprint density at radius 2 is 2.18 bits per heavy atom. The van der Waals surface area contributed by atoms with Crippen LogP contribution in [0.15, 0.2) is 28.9 Å². The van der Waals surface area contributed by atoms with E-state index < -0.39 is 0 Å². The summed E-state index contributed by atoms with van der Waals surface area (Å²) in [5, 5.41) is 1.06. The van der Waals surface area contributed by atoms with Crippen LogP contribution in [0.5, 0.6) is 0 Å². The molecule has 11 heavy (non-hydrogen) atoms. The molecular formula is C8H7BrN2. The van der Waals surface area contributed by atoms with E-state index in [1.807, 2.05) is 18.2 Å². The highest BCUT2D eigenvalue weighted by atomic mass is 79.9. The Labute approximate surface area is 72.5 Å². The lowest BCUT2D eigenvalue weighted by Crippen LogP contribution is -1.80. The summed E-state index contributed by atoms with van der Waals surface area (Å²) < 4.78 is 1.04. The van der Waals surface area contributed by atoms with Gasteiger partial charge in [0.2, 0.25) is 0 Å². The van der Waals surface area contributed by atoms with Crippen LogP contribution in [0.3, 0.4) is 0 Å². The van der Waals surface area contributed by atoms with Gasteiger partial charge in [-0.25, -0.2) is 0 Å². The first-order valence-electron chi connectivity index (χ1n) is 3.30. The molecule has 0 fully saturated rings. The van der Waals surface area contributed by atoms with Crippen LogP contribution in [0.1, 0.15) is 0 Å². The lowest BCUT2D eigenvalue weighted by molar-refractivity contribution is 1.48. The Balaban J connectivity index is 2.96. The average molecular weight is 211 g/mol. The molecule has 1 aromatic heterocycles. The summed E-state index contributed by atoms with van der Waals surface area (Å²) in [6, 6.07) is 5.95. The first-order chi connectivity index (χ1) is 5.29. The maximum atomic E-state index is 5.72. The standard InChI is InChI=1S/C8H7BrN2/c9-5-2-1-3-7-8(5)6(10)4-11-7/h1-4,11H,10H2. The van der Waals surface area contributed by atoms with E-state index in [1.54, 1.807) is 6.20 Å². The summed E-state index contributed by atoms with van der Waals surface area (Å²) in [5.74, 6) is 0. The number of fused-ring (bicyclic) bond motifs is 1.